The lowest BCUT2D eigenvalue weighted by molar-refractivity contribution is -0.109. The van der Waals surface area contributed by atoms with Gasteiger partial charge in [-0.15, -0.1) is 0 Å². The van der Waals surface area contributed by atoms with Crippen molar-refractivity contribution in [3.05, 3.63) is 35.1 Å². The first-order valence-electron chi connectivity index (χ1n) is 3.99. The summed E-state index contributed by atoms with van der Waals surface area (Å²) < 4.78 is 1.24. The third kappa shape index (κ3) is 1.76. The predicted molar refractivity (Wildman–Crippen MR) is 50.6 cm³/mol. The zero-order valence-electron chi connectivity index (χ0n) is 7.73. The average molecular weight is 195 g/mol. The third-order valence-corrected chi connectivity index (χ3v) is 1.92. The minimum Gasteiger partial charge on any atom is -0.503 e. The van der Waals surface area contributed by atoms with Crippen molar-refractivity contribution in [2.75, 3.05) is 0 Å². The van der Waals surface area contributed by atoms with E-state index in [-0.39, 0.29) is 5.75 Å². The van der Waals surface area contributed by atoms with Gasteiger partial charge in [0.1, 0.15) is 0 Å². The lowest BCUT2D eigenvalue weighted by Gasteiger charge is -2.12. The first kappa shape index (κ1) is 10.3. The zero-order valence-corrected chi connectivity index (χ0v) is 7.73. The number of rotatable bonds is 3. The lowest BCUT2D eigenvalue weighted by atomic mass is 10.1. The minimum atomic E-state index is -0.624. The van der Waals surface area contributed by atoms with E-state index in [2.05, 4.69) is 12.2 Å². The molecular weight excluding hydrogens is 184 g/mol. The van der Waals surface area contributed by atoms with Crippen LogP contribution in [0.15, 0.2) is 17.1 Å². The maximum atomic E-state index is 11.3. The number of carbonyl (C=O) groups excluding carboxylic acids is 1. The highest BCUT2D eigenvalue weighted by atomic mass is 16.3. The molecule has 0 bridgehead atoms. The van der Waals surface area contributed by atoms with E-state index in [4.69, 9.17) is 0 Å². The number of carbonyl (C=O) groups is 1. The maximum absolute atomic E-state index is 11.3. The molecule has 1 aromatic rings. The molecule has 0 spiro atoms. The van der Waals surface area contributed by atoms with Crippen molar-refractivity contribution in [2.45, 2.75) is 6.04 Å². The van der Waals surface area contributed by atoms with Crippen molar-refractivity contribution < 1.29 is 9.90 Å². The Labute approximate surface area is 81.0 Å². The fraction of sp³-hybridized carbons (Fsp3) is 0.222. The number of aromatic nitrogens is 1. The lowest BCUT2D eigenvalue weighted by Crippen LogP contribution is -2.22. The van der Waals surface area contributed by atoms with Gasteiger partial charge in [-0.2, -0.15) is 0 Å². The molecule has 0 saturated heterocycles. The quantitative estimate of drug-likeness (QED) is 0.651. The second-order valence-corrected chi connectivity index (χ2v) is 2.87. The topological polar surface area (TPSA) is 71.3 Å². The van der Waals surface area contributed by atoms with Gasteiger partial charge in [0.25, 0.3) is 5.56 Å². The smallest absolute Gasteiger partial charge is 0.292 e. The predicted octanol–water partition coefficient (Wildman–Crippen LogP) is -0.288. The summed E-state index contributed by atoms with van der Waals surface area (Å²) >= 11 is 0. The Bertz CT molecular complexity index is 398. The first-order valence-corrected chi connectivity index (χ1v) is 3.99. The molecule has 0 saturated carbocycles. The van der Waals surface area contributed by atoms with Crippen molar-refractivity contribution in [2.24, 2.45) is 7.05 Å². The van der Waals surface area contributed by atoms with Crippen LogP contribution in [0.3, 0.4) is 0 Å². The van der Waals surface area contributed by atoms with Crippen molar-refractivity contribution in [1.82, 2.24) is 9.88 Å². The zero-order chi connectivity index (χ0) is 10.7. The number of amides is 1. The SMILES string of the molecule is [CH2]C(NC=O)c1ccn(C)c(=O)c1O. The molecule has 0 aliphatic rings. The van der Waals surface area contributed by atoms with Crippen molar-refractivity contribution in [3.8, 4) is 5.75 Å². The van der Waals surface area contributed by atoms with E-state index in [1.807, 2.05) is 0 Å². The molecule has 1 heterocycles. The Hall–Kier alpha value is -1.78. The Balaban J connectivity index is 3.17. The molecule has 5 heteroatoms. The Morgan fingerprint density at radius 1 is 1.71 bits per heavy atom. The minimum absolute atomic E-state index is 0.306. The van der Waals surface area contributed by atoms with E-state index in [1.165, 1.54) is 23.9 Å². The monoisotopic (exact) mass is 195 g/mol. The largest absolute Gasteiger partial charge is 0.503 e. The van der Waals surface area contributed by atoms with Crippen LogP contribution >= 0.6 is 0 Å². The molecule has 1 aromatic heterocycles. The molecule has 1 atom stereocenters. The van der Waals surface area contributed by atoms with Crippen molar-refractivity contribution in [1.29, 1.82) is 0 Å². The van der Waals surface area contributed by atoms with Crippen LogP contribution in [0.5, 0.6) is 5.75 Å². The standard InChI is InChI=1S/C9H11N2O3/c1-6(10-5-12)7-3-4-11(2)9(14)8(7)13/h3-6,13H,1H2,2H3,(H,10,12). The summed E-state index contributed by atoms with van der Waals surface area (Å²) in [6.45, 7) is 3.58. The van der Waals surface area contributed by atoms with Gasteiger partial charge in [0, 0.05) is 18.8 Å². The number of hydrogen-bond donors (Lipinski definition) is 2. The molecule has 0 aliphatic carbocycles. The fourth-order valence-electron chi connectivity index (χ4n) is 1.08. The van der Waals surface area contributed by atoms with Gasteiger partial charge in [-0.05, 0) is 13.0 Å². The van der Waals surface area contributed by atoms with E-state index >= 15 is 0 Å². The third-order valence-electron chi connectivity index (χ3n) is 1.92. The summed E-state index contributed by atoms with van der Waals surface area (Å²) in [7, 11) is 1.52. The molecule has 0 fully saturated rings. The number of nitrogens with one attached hydrogen (secondary N) is 1. The number of aryl methyl sites for hydroxylation is 1. The number of aromatic hydroxyl groups is 1. The van der Waals surface area contributed by atoms with Gasteiger partial charge in [-0.3, -0.25) is 9.59 Å². The van der Waals surface area contributed by atoms with Crippen LogP contribution in [-0.2, 0) is 11.8 Å². The first-order chi connectivity index (χ1) is 6.57. The van der Waals surface area contributed by atoms with Gasteiger partial charge in [0.2, 0.25) is 6.41 Å². The highest BCUT2D eigenvalue weighted by Gasteiger charge is 2.12. The van der Waals surface area contributed by atoms with E-state index in [0.29, 0.717) is 12.0 Å². The highest BCUT2D eigenvalue weighted by molar-refractivity contribution is 5.49. The number of pyridine rings is 1. The van der Waals surface area contributed by atoms with Crippen LogP contribution in [0.2, 0.25) is 0 Å². The molecule has 1 unspecified atom stereocenters. The normalized spacial score (nSPS) is 12.1. The van der Waals surface area contributed by atoms with E-state index in [0.717, 1.165) is 0 Å². The van der Waals surface area contributed by atoms with Crippen LogP contribution in [0.4, 0.5) is 0 Å². The van der Waals surface area contributed by atoms with E-state index in [9.17, 15) is 14.7 Å². The van der Waals surface area contributed by atoms with Gasteiger partial charge in [-0.1, -0.05) is 0 Å². The van der Waals surface area contributed by atoms with Crippen molar-refractivity contribution in [3.63, 3.8) is 0 Å². The number of nitrogens with zero attached hydrogens (tertiary/aromatic N) is 1. The van der Waals surface area contributed by atoms with E-state index < -0.39 is 11.6 Å². The van der Waals surface area contributed by atoms with Gasteiger partial charge >= 0.3 is 0 Å². The second kappa shape index (κ2) is 3.95. The molecule has 1 amide bonds. The Kier molecular flexibility index (Phi) is 2.91. The number of hydrogen-bond acceptors (Lipinski definition) is 3. The van der Waals surface area contributed by atoms with Crippen LogP contribution in [0.25, 0.3) is 0 Å². The Morgan fingerprint density at radius 3 is 2.93 bits per heavy atom. The van der Waals surface area contributed by atoms with Crippen LogP contribution in [0.1, 0.15) is 11.6 Å². The van der Waals surface area contributed by atoms with Gasteiger partial charge in [0.15, 0.2) is 5.75 Å². The Morgan fingerprint density at radius 2 is 2.36 bits per heavy atom. The molecule has 2 N–H and O–H groups in total. The fourth-order valence-corrected chi connectivity index (χ4v) is 1.08. The summed E-state index contributed by atoms with van der Waals surface area (Å²) in [4.78, 5) is 21.4. The summed E-state index contributed by atoms with van der Waals surface area (Å²) in [5, 5.41) is 11.8. The van der Waals surface area contributed by atoms with Gasteiger partial charge in [-0.25, -0.2) is 0 Å². The molecule has 0 aromatic carbocycles. The van der Waals surface area contributed by atoms with Gasteiger partial charge in [0.05, 0.1) is 6.04 Å². The highest BCUT2D eigenvalue weighted by Crippen LogP contribution is 2.18. The molecule has 75 valence electrons. The maximum Gasteiger partial charge on any atom is 0.292 e. The molecule has 1 radical (unpaired) electrons. The molecule has 1 rings (SSSR count). The van der Waals surface area contributed by atoms with Crippen LogP contribution in [0, 0.1) is 6.92 Å². The average Bonchev–Trinajstić information content (AvgIpc) is 2.15. The van der Waals surface area contributed by atoms with E-state index in [1.54, 1.807) is 0 Å². The summed E-state index contributed by atoms with van der Waals surface area (Å²) in [6, 6.07) is 0.909. The second-order valence-electron chi connectivity index (χ2n) is 2.87. The van der Waals surface area contributed by atoms with Gasteiger partial charge < -0.3 is 15.0 Å². The van der Waals surface area contributed by atoms with Crippen LogP contribution < -0.4 is 10.9 Å². The summed E-state index contributed by atoms with van der Waals surface area (Å²) in [5.41, 5.74) is -0.205. The molecule has 5 nitrogen and oxygen atoms in total. The molecular formula is C9H11N2O3. The molecule has 0 aliphatic heterocycles. The summed E-state index contributed by atoms with van der Waals surface area (Å²) in [5.74, 6) is -0.385. The van der Waals surface area contributed by atoms with Crippen LogP contribution in [-0.4, -0.2) is 16.1 Å². The van der Waals surface area contributed by atoms with Crippen molar-refractivity contribution >= 4 is 6.41 Å². The molecule has 14 heavy (non-hydrogen) atoms. The summed E-state index contributed by atoms with van der Waals surface area (Å²) in [6.07, 6.45) is 1.97.